The van der Waals surface area contributed by atoms with E-state index in [1.165, 1.54) is 29.2 Å². The summed E-state index contributed by atoms with van der Waals surface area (Å²) in [5.41, 5.74) is 2.96. The summed E-state index contributed by atoms with van der Waals surface area (Å²) in [4.78, 5) is 17.5. The van der Waals surface area contributed by atoms with Crippen LogP contribution in [0.4, 0.5) is 0 Å². The van der Waals surface area contributed by atoms with Crippen molar-refractivity contribution < 1.29 is 13.2 Å². The second-order valence-electron chi connectivity index (χ2n) is 6.91. The normalized spacial score (nSPS) is 11.6. The third kappa shape index (κ3) is 4.61. The summed E-state index contributed by atoms with van der Waals surface area (Å²) in [6.07, 6.45) is 0. The number of rotatable bonds is 7. The van der Waals surface area contributed by atoms with E-state index in [0.717, 1.165) is 26.7 Å². The van der Waals surface area contributed by atoms with E-state index in [1.54, 1.807) is 18.2 Å². The van der Waals surface area contributed by atoms with Crippen LogP contribution in [0.25, 0.3) is 10.6 Å². The first-order valence-corrected chi connectivity index (χ1v) is 11.6. The Morgan fingerprint density at radius 3 is 2.47 bits per heavy atom. The molecule has 0 amide bonds. The second kappa shape index (κ2) is 8.66. The van der Waals surface area contributed by atoms with Crippen molar-refractivity contribution in [3.05, 3.63) is 56.4 Å². The molecule has 0 aliphatic carbocycles. The van der Waals surface area contributed by atoms with Crippen LogP contribution in [-0.4, -0.2) is 36.8 Å². The largest absolute Gasteiger partial charge is 0.495 e. The molecule has 3 aromatic rings. The average Bonchev–Trinajstić information content (AvgIpc) is 3.03. The van der Waals surface area contributed by atoms with Crippen molar-refractivity contribution in [3.63, 3.8) is 0 Å². The highest BCUT2D eigenvalue weighted by atomic mass is 32.2. The minimum atomic E-state index is -3.82. The second-order valence-corrected chi connectivity index (χ2v) is 9.85. The van der Waals surface area contributed by atoms with Crippen LogP contribution in [0, 0.1) is 27.7 Å². The zero-order chi connectivity index (χ0) is 22.1. The van der Waals surface area contributed by atoms with Gasteiger partial charge in [-0.2, -0.15) is 5.10 Å². The van der Waals surface area contributed by atoms with Crippen molar-refractivity contribution in [2.75, 3.05) is 13.7 Å². The molecule has 8 nitrogen and oxygen atoms in total. The van der Waals surface area contributed by atoms with E-state index >= 15 is 0 Å². The molecule has 160 valence electrons. The molecule has 2 aromatic heterocycles. The number of sulfonamides is 1. The molecule has 0 spiro atoms. The summed E-state index contributed by atoms with van der Waals surface area (Å²) < 4.78 is 34.6. The van der Waals surface area contributed by atoms with Gasteiger partial charge in [-0.05, 0) is 57.0 Å². The lowest BCUT2D eigenvalue weighted by Crippen LogP contribution is -2.32. The van der Waals surface area contributed by atoms with Crippen molar-refractivity contribution in [2.45, 2.75) is 39.1 Å². The molecule has 1 N–H and O–H groups in total. The van der Waals surface area contributed by atoms with Crippen molar-refractivity contribution in [2.24, 2.45) is 0 Å². The summed E-state index contributed by atoms with van der Waals surface area (Å²) in [7, 11) is -2.39. The first-order chi connectivity index (χ1) is 14.1. The van der Waals surface area contributed by atoms with Crippen LogP contribution in [0.2, 0.25) is 0 Å². The number of hydrogen-bond donors (Lipinski definition) is 1. The van der Waals surface area contributed by atoms with Crippen molar-refractivity contribution >= 4 is 21.4 Å². The molecule has 0 saturated heterocycles. The van der Waals surface area contributed by atoms with E-state index in [4.69, 9.17) is 4.74 Å². The van der Waals surface area contributed by atoms with Gasteiger partial charge >= 0.3 is 0 Å². The molecule has 2 heterocycles. The van der Waals surface area contributed by atoms with Crippen LogP contribution < -0.4 is 15.0 Å². The van der Waals surface area contributed by atoms with Gasteiger partial charge in [0.15, 0.2) is 0 Å². The van der Waals surface area contributed by atoms with E-state index in [1.807, 2.05) is 27.7 Å². The van der Waals surface area contributed by atoms with Crippen LogP contribution in [0.1, 0.15) is 21.8 Å². The Labute approximate surface area is 179 Å². The molecule has 0 unspecified atom stereocenters. The number of aromatic nitrogens is 3. The topological polar surface area (TPSA) is 103 Å². The fourth-order valence-corrected chi connectivity index (χ4v) is 5.13. The Morgan fingerprint density at radius 1 is 1.13 bits per heavy atom. The molecule has 0 bridgehead atoms. The molecular weight excluding hydrogens is 424 g/mol. The summed E-state index contributed by atoms with van der Waals surface area (Å²) in [5.74, 6) is 0.277. The highest BCUT2D eigenvalue weighted by Gasteiger charge is 2.20. The fourth-order valence-electron chi connectivity index (χ4n) is 3.00. The Hall–Kier alpha value is -2.56. The van der Waals surface area contributed by atoms with Crippen LogP contribution in [0.3, 0.4) is 0 Å². The number of ether oxygens (including phenoxy) is 1. The standard InChI is InChI=1S/C20H24N4O4S2/c1-12-10-17(28-5)18(11-13(12)2)30(26,27)21-8-9-24-19(25)7-6-16(23-24)20-14(3)22-15(4)29-20/h6-7,10-11,21H,8-9H2,1-5H3. The van der Waals surface area contributed by atoms with Crippen LogP contribution in [0.15, 0.2) is 34.0 Å². The fraction of sp³-hybridized carbons (Fsp3) is 0.350. The number of nitrogens with zero attached hydrogens (tertiary/aromatic N) is 3. The molecule has 10 heteroatoms. The minimum absolute atomic E-state index is 0.00940. The Balaban J connectivity index is 1.80. The summed E-state index contributed by atoms with van der Waals surface area (Å²) in [6.45, 7) is 7.63. The highest BCUT2D eigenvalue weighted by molar-refractivity contribution is 7.89. The van der Waals surface area contributed by atoms with E-state index in [2.05, 4.69) is 14.8 Å². The van der Waals surface area contributed by atoms with Gasteiger partial charge in [0, 0.05) is 12.6 Å². The van der Waals surface area contributed by atoms with E-state index in [0.29, 0.717) is 5.69 Å². The molecule has 0 saturated carbocycles. The smallest absolute Gasteiger partial charge is 0.266 e. The Kier molecular flexibility index (Phi) is 6.39. The Bertz CT molecular complexity index is 1250. The SMILES string of the molecule is COc1cc(C)c(C)cc1S(=O)(=O)NCCn1nc(-c2sc(C)nc2C)ccc1=O. The van der Waals surface area contributed by atoms with Crippen molar-refractivity contribution in [1.29, 1.82) is 0 Å². The molecule has 0 aliphatic rings. The van der Waals surface area contributed by atoms with Gasteiger partial charge in [-0.25, -0.2) is 22.8 Å². The minimum Gasteiger partial charge on any atom is -0.495 e. The molecular formula is C20H24N4O4S2. The predicted octanol–water partition coefficient (Wildman–Crippen LogP) is 2.59. The number of benzene rings is 1. The third-order valence-corrected chi connectivity index (χ3v) is 7.27. The van der Waals surface area contributed by atoms with E-state index in [-0.39, 0.29) is 29.3 Å². The van der Waals surface area contributed by atoms with Crippen LogP contribution >= 0.6 is 11.3 Å². The number of aryl methyl sites for hydroxylation is 4. The van der Waals surface area contributed by atoms with E-state index < -0.39 is 10.0 Å². The molecule has 1 aromatic carbocycles. The zero-order valence-corrected chi connectivity index (χ0v) is 19.1. The van der Waals surface area contributed by atoms with Gasteiger partial charge in [-0.15, -0.1) is 11.3 Å². The Morgan fingerprint density at radius 2 is 1.83 bits per heavy atom. The molecule has 0 radical (unpaired) electrons. The van der Waals surface area contributed by atoms with Gasteiger partial charge in [0.25, 0.3) is 5.56 Å². The quantitative estimate of drug-likeness (QED) is 0.596. The summed E-state index contributed by atoms with van der Waals surface area (Å²) in [5, 5.41) is 5.30. The number of methoxy groups -OCH3 is 1. The van der Waals surface area contributed by atoms with Crippen molar-refractivity contribution in [1.82, 2.24) is 19.5 Å². The van der Waals surface area contributed by atoms with E-state index in [9.17, 15) is 13.2 Å². The maximum absolute atomic E-state index is 12.8. The lowest BCUT2D eigenvalue weighted by molar-refractivity contribution is 0.401. The number of thiazole rings is 1. The predicted molar refractivity (Wildman–Crippen MR) is 117 cm³/mol. The molecule has 0 fully saturated rings. The molecule has 0 aliphatic heterocycles. The number of hydrogen-bond acceptors (Lipinski definition) is 7. The maximum Gasteiger partial charge on any atom is 0.266 e. The zero-order valence-electron chi connectivity index (χ0n) is 17.5. The summed E-state index contributed by atoms with van der Waals surface area (Å²) in [6, 6.07) is 6.36. The highest BCUT2D eigenvalue weighted by Crippen LogP contribution is 2.28. The van der Waals surface area contributed by atoms with Crippen LogP contribution in [0.5, 0.6) is 5.75 Å². The molecule has 30 heavy (non-hydrogen) atoms. The van der Waals surface area contributed by atoms with Crippen molar-refractivity contribution in [3.8, 4) is 16.3 Å². The van der Waals surface area contributed by atoms with Crippen LogP contribution in [-0.2, 0) is 16.6 Å². The maximum atomic E-state index is 12.8. The lowest BCUT2D eigenvalue weighted by Gasteiger charge is -2.13. The molecule has 0 atom stereocenters. The first kappa shape index (κ1) is 22.1. The number of nitrogens with one attached hydrogen (secondary N) is 1. The van der Waals surface area contributed by atoms with Gasteiger partial charge < -0.3 is 4.74 Å². The van der Waals surface area contributed by atoms with Gasteiger partial charge in [0.05, 0.1) is 29.2 Å². The lowest BCUT2D eigenvalue weighted by atomic mass is 10.1. The molecule has 3 rings (SSSR count). The van der Waals surface area contributed by atoms with Gasteiger partial charge in [0.1, 0.15) is 16.3 Å². The monoisotopic (exact) mass is 448 g/mol. The van der Waals surface area contributed by atoms with Gasteiger partial charge in [0.2, 0.25) is 10.0 Å². The third-order valence-electron chi connectivity index (χ3n) is 4.69. The van der Waals surface area contributed by atoms with Gasteiger partial charge in [-0.3, -0.25) is 4.79 Å². The average molecular weight is 449 g/mol. The first-order valence-electron chi connectivity index (χ1n) is 9.30. The van der Waals surface area contributed by atoms with Gasteiger partial charge in [-0.1, -0.05) is 0 Å². The summed E-state index contributed by atoms with van der Waals surface area (Å²) >= 11 is 1.50.